The summed E-state index contributed by atoms with van der Waals surface area (Å²) in [6, 6.07) is 8.74. The first kappa shape index (κ1) is 9.17. The van der Waals surface area contributed by atoms with Gasteiger partial charge < -0.3 is 0 Å². The highest BCUT2D eigenvalue weighted by molar-refractivity contribution is 9.10. The van der Waals surface area contributed by atoms with Crippen LogP contribution in [0.1, 0.15) is 21.9 Å². The van der Waals surface area contributed by atoms with Crippen molar-refractivity contribution in [3.8, 4) is 0 Å². The van der Waals surface area contributed by atoms with Gasteiger partial charge in [-0.25, -0.2) is 0 Å². The van der Waals surface area contributed by atoms with Crippen LogP contribution in [0.3, 0.4) is 0 Å². The highest BCUT2D eigenvalue weighted by atomic mass is 79.9. The van der Waals surface area contributed by atoms with E-state index in [4.69, 9.17) is 0 Å². The molecule has 4 atom stereocenters. The molecule has 0 amide bonds. The molecule has 3 rings (SSSR count). The first-order valence-corrected chi connectivity index (χ1v) is 6.67. The molecule has 2 aliphatic rings. The van der Waals surface area contributed by atoms with Gasteiger partial charge in [0, 0.05) is 21.5 Å². The van der Waals surface area contributed by atoms with Gasteiger partial charge in [0.15, 0.2) is 0 Å². The molecular weight excluding hydrogens is 304 g/mol. The topological polar surface area (TPSA) is 0 Å². The van der Waals surface area contributed by atoms with Crippen molar-refractivity contribution in [3.05, 3.63) is 47.5 Å². The van der Waals surface area contributed by atoms with E-state index in [1.165, 1.54) is 11.1 Å². The summed E-state index contributed by atoms with van der Waals surface area (Å²) in [5, 5.41) is 0. The third kappa shape index (κ3) is 1.10. The Morgan fingerprint density at radius 1 is 0.929 bits per heavy atom. The van der Waals surface area contributed by atoms with Crippen LogP contribution in [0.15, 0.2) is 36.4 Å². The fourth-order valence-corrected chi connectivity index (χ4v) is 4.78. The van der Waals surface area contributed by atoms with Crippen molar-refractivity contribution >= 4 is 31.9 Å². The zero-order chi connectivity index (χ0) is 9.71. The van der Waals surface area contributed by atoms with E-state index in [9.17, 15) is 0 Å². The Hall–Kier alpha value is -0.0800. The van der Waals surface area contributed by atoms with Gasteiger partial charge in [-0.3, -0.25) is 0 Å². The summed E-state index contributed by atoms with van der Waals surface area (Å²) in [7, 11) is 0. The van der Waals surface area contributed by atoms with Gasteiger partial charge in [0.1, 0.15) is 0 Å². The predicted molar refractivity (Wildman–Crippen MR) is 66.2 cm³/mol. The van der Waals surface area contributed by atoms with E-state index < -0.39 is 0 Å². The molecule has 0 aliphatic heterocycles. The van der Waals surface area contributed by atoms with Crippen molar-refractivity contribution in [3.63, 3.8) is 0 Å². The number of hydrogen-bond donors (Lipinski definition) is 0. The third-order valence-corrected chi connectivity index (χ3v) is 5.53. The molecule has 72 valence electrons. The fraction of sp³-hybridized carbons (Fsp3) is 0.333. The zero-order valence-electron chi connectivity index (χ0n) is 7.53. The van der Waals surface area contributed by atoms with E-state index in [2.05, 4.69) is 68.3 Å². The predicted octanol–water partition coefficient (Wildman–Crippen LogP) is 4.17. The van der Waals surface area contributed by atoms with Crippen LogP contribution >= 0.6 is 31.9 Å². The van der Waals surface area contributed by atoms with E-state index in [0.717, 1.165) is 0 Å². The summed E-state index contributed by atoms with van der Waals surface area (Å²) < 4.78 is 0. The normalized spacial score (nSPS) is 38.4. The second-order valence-corrected chi connectivity index (χ2v) is 6.01. The molecule has 0 aromatic heterocycles. The lowest BCUT2D eigenvalue weighted by atomic mass is 9.82. The second-order valence-electron chi connectivity index (χ2n) is 3.96. The molecule has 2 bridgehead atoms. The van der Waals surface area contributed by atoms with Crippen LogP contribution in [0.4, 0.5) is 0 Å². The average Bonchev–Trinajstić information content (AvgIpc) is 2.51. The van der Waals surface area contributed by atoms with Crippen molar-refractivity contribution in [1.29, 1.82) is 0 Å². The molecule has 0 saturated heterocycles. The maximum absolute atomic E-state index is 3.80. The first-order chi connectivity index (χ1) is 6.79. The molecular formula is C12H10Br2. The molecule has 0 unspecified atom stereocenters. The molecule has 14 heavy (non-hydrogen) atoms. The standard InChI is InChI=1S/C12H10Br2/c13-11-8-4-2-1-3-7(8)9-5-6-10(11)12(9)14/h1-6,9-12H/t9-,10+,11+,12-/m0/s1. The van der Waals surface area contributed by atoms with E-state index >= 15 is 0 Å². The van der Waals surface area contributed by atoms with E-state index in [1.807, 2.05) is 0 Å². The summed E-state index contributed by atoms with van der Waals surface area (Å²) >= 11 is 7.60. The van der Waals surface area contributed by atoms with Crippen LogP contribution in [0.5, 0.6) is 0 Å². The molecule has 2 heteroatoms. The summed E-state index contributed by atoms with van der Waals surface area (Å²) in [6.45, 7) is 0. The van der Waals surface area contributed by atoms with Gasteiger partial charge in [-0.05, 0) is 11.1 Å². The van der Waals surface area contributed by atoms with Crippen molar-refractivity contribution in [2.45, 2.75) is 15.6 Å². The molecule has 2 aliphatic carbocycles. The molecule has 0 nitrogen and oxygen atoms in total. The quantitative estimate of drug-likeness (QED) is 0.498. The monoisotopic (exact) mass is 312 g/mol. The summed E-state index contributed by atoms with van der Waals surface area (Å²) in [4.78, 5) is 1.04. The van der Waals surface area contributed by atoms with Crippen molar-refractivity contribution < 1.29 is 0 Å². The van der Waals surface area contributed by atoms with Gasteiger partial charge in [0.25, 0.3) is 0 Å². The Morgan fingerprint density at radius 3 is 2.43 bits per heavy atom. The van der Waals surface area contributed by atoms with Gasteiger partial charge in [-0.1, -0.05) is 68.3 Å². The first-order valence-electron chi connectivity index (χ1n) is 4.84. The van der Waals surface area contributed by atoms with Crippen molar-refractivity contribution in [2.75, 3.05) is 0 Å². The van der Waals surface area contributed by atoms with Gasteiger partial charge in [0.05, 0.1) is 0 Å². The largest absolute Gasteiger partial charge is 0.0874 e. The molecule has 0 saturated carbocycles. The molecule has 0 spiro atoms. The molecule has 1 aromatic carbocycles. The Kier molecular flexibility index (Phi) is 2.10. The molecule has 0 fully saturated rings. The maximum Gasteiger partial charge on any atom is 0.0471 e. The van der Waals surface area contributed by atoms with Gasteiger partial charge in [-0.15, -0.1) is 0 Å². The zero-order valence-corrected chi connectivity index (χ0v) is 10.7. The number of hydrogen-bond acceptors (Lipinski definition) is 0. The Labute approximate surface area is 101 Å². The summed E-state index contributed by atoms with van der Waals surface area (Å²) in [5.41, 5.74) is 2.93. The molecule has 0 radical (unpaired) electrons. The summed E-state index contributed by atoms with van der Waals surface area (Å²) in [5.74, 6) is 1.18. The third-order valence-electron chi connectivity index (χ3n) is 3.24. The van der Waals surface area contributed by atoms with Gasteiger partial charge >= 0.3 is 0 Å². The highest BCUT2D eigenvalue weighted by Crippen LogP contribution is 2.53. The fourth-order valence-electron chi connectivity index (χ4n) is 2.51. The lowest BCUT2D eigenvalue weighted by molar-refractivity contribution is 0.575. The lowest BCUT2D eigenvalue weighted by Gasteiger charge is -2.32. The average molecular weight is 314 g/mol. The Morgan fingerprint density at radius 2 is 1.64 bits per heavy atom. The minimum Gasteiger partial charge on any atom is -0.0874 e. The lowest BCUT2D eigenvalue weighted by Crippen LogP contribution is -2.24. The minimum absolute atomic E-state index is 0.470. The number of rotatable bonds is 0. The smallest absolute Gasteiger partial charge is 0.0471 e. The van der Waals surface area contributed by atoms with Gasteiger partial charge in [0.2, 0.25) is 0 Å². The van der Waals surface area contributed by atoms with Crippen molar-refractivity contribution in [1.82, 2.24) is 0 Å². The number of alkyl halides is 2. The minimum atomic E-state index is 0.470. The van der Waals surface area contributed by atoms with Crippen LogP contribution in [0.2, 0.25) is 0 Å². The maximum atomic E-state index is 3.80. The van der Waals surface area contributed by atoms with E-state index in [0.29, 0.717) is 21.5 Å². The van der Waals surface area contributed by atoms with E-state index in [-0.39, 0.29) is 0 Å². The molecule has 0 N–H and O–H groups in total. The van der Waals surface area contributed by atoms with Crippen LogP contribution in [-0.2, 0) is 0 Å². The van der Waals surface area contributed by atoms with Crippen LogP contribution in [0.25, 0.3) is 0 Å². The number of allylic oxidation sites excluding steroid dienone is 2. The molecule has 0 heterocycles. The highest BCUT2D eigenvalue weighted by Gasteiger charge is 2.41. The summed E-state index contributed by atoms with van der Waals surface area (Å²) in [6.07, 6.45) is 4.67. The van der Waals surface area contributed by atoms with Crippen LogP contribution in [-0.4, -0.2) is 4.83 Å². The molecule has 1 aromatic rings. The number of benzene rings is 1. The second kappa shape index (κ2) is 3.21. The van der Waals surface area contributed by atoms with Crippen LogP contribution < -0.4 is 0 Å². The van der Waals surface area contributed by atoms with Gasteiger partial charge in [-0.2, -0.15) is 0 Å². The SMILES string of the molecule is Br[C@@H]1[C@@H]2C=C[C@H]1c1ccccc1[C@H]2Br. The Balaban J connectivity index is 2.21. The van der Waals surface area contributed by atoms with Crippen molar-refractivity contribution in [2.24, 2.45) is 5.92 Å². The number of fused-ring (bicyclic) bond motifs is 4. The van der Waals surface area contributed by atoms with E-state index in [1.54, 1.807) is 0 Å². The Bertz CT molecular complexity index is 397. The van der Waals surface area contributed by atoms with Crippen LogP contribution in [0, 0.1) is 5.92 Å². The number of halogens is 2.